The number of nitrogens with zero attached hydrogens (tertiary/aromatic N) is 1. The first-order valence-corrected chi connectivity index (χ1v) is 26.0. The fraction of sp³-hybridized carbons (Fsp3) is 0.0685. The van der Waals surface area contributed by atoms with E-state index in [9.17, 15) is 0 Å². The van der Waals surface area contributed by atoms with Crippen molar-refractivity contribution < 1.29 is 4.42 Å². The van der Waals surface area contributed by atoms with E-state index in [2.05, 4.69) is 275 Å². The maximum Gasteiger partial charge on any atom is 0.143 e. The van der Waals surface area contributed by atoms with E-state index >= 15 is 0 Å². The van der Waals surface area contributed by atoms with E-state index in [-0.39, 0.29) is 0 Å². The Morgan fingerprint density at radius 2 is 0.987 bits per heavy atom. The minimum absolute atomic E-state index is 0.935. The van der Waals surface area contributed by atoms with Crippen molar-refractivity contribution in [2.75, 3.05) is 0 Å². The van der Waals surface area contributed by atoms with Gasteiger partial charge in [0.2, 0.25) is 0 Å². The molecule has 0 N–H and O–H groups in total. The highest BCUT2D eigenvalue weighted by molar-refractivity contribution is 6.14. The molecule has 2 heteroatoms. The van der Waals surface area contributed by atoms with Crippen molar-refractivity contribution in [1.82, 2.24) is 4.57 Å². The van der Waals surface area contributed by atoms with Gasteiger partial charge in [-0.2, -0.15) is 0 Å². The summed E-state index contributed by atoms with van der Waals surface area (Å²) in [5, 5.41) is 4.88. The van der Waals surface area contributed by atoms with E-state index in [1.54, 1.807) is 0 Å². The minimum atomic E-state index is 0.935. The van der Waals surface area contributed by atoms with Crippen LogP contribution in [0.1, 0.15) is 38.9 Å². The third-order valence-corrected chi connectivity index (χ3v) is 15.1. The molecule has 360 valence electrons. The largest absolute Gasteiger partial charge is 0.455 e. The normalized spacial score (nSPS) is 11.5. The molecule has 1 aliphatic rings. The zero-order valence-corrected chi connectivity index (χ0v) is 42.9. The van der Waals surface area contributed by atoms with Crippen molar-refractivity contribution >= 4 is 49.8 Å². The molecule has 0 fully saturated rings. The minimum Gasteiger partial charge on any atom is -0.455 e. The van der Waals surface area contributed by atoms with Crippen LogP contribution in [0.25, 0.3) is 111 Å². The van der Waals surface area contributed by atoms with Gasteiger partial charge in [-0.15, -0.1) is 0 Å². The number of benzene rings is 11. The zero-order chi connectivity index (χ0) is 51.0. The van der Waals surface area contributed by atoms with Gasteiger partial charge >= 0.3 is 0 Å². The summed E-state index contributed by atoms with van der Waals surface area (Å²) in [5.41, 5.74) is 27.6. The van der Waals surface area contributed by atoms with Gasteiger partial charge in [0.15, 0.2) is 0 Å². The summed E-state index contributed by atoms with van der Waals surface area (Å²) >= 11 is 0. The molecule has 0 amide bonds. The Kier molecular flexibility index (Phi) is 12.5. The Labute approximate surface area is 440 Å². The van der Waals surface area contributed by atoms with E-state index in [0.717, 1.165) is 23.2 Å². The molecule has 0 bridgehead atoms. The molecule has 0 atom stereocenters. The van der Waals surface area contributed by atoms with Crippen LogP contribution in [0.5, 0.6) is 0 Å². The highest BCUT2D eigenvalue weighted by atomic mass is 16.3. The summed E-state index contributed by atoms with van der Waals surface area (Å²) < 4.78 is 8.74. The third kappa shape index (κ3) is 8.75. The van der Waals surface area contributed by atoms with Crippen molar-refractivity contribution in [2.45, 2.75) is 34.1 Å². The number of rotatable bonds is 6. The van der Waals surface area contributed by atoms with Crippen LogP contribution >= 0.6 is 0 Å². The van der Waals surface area contributed by atoms with Crippen molar-refractivity contribution in [3.05, 3.63) is 288 Å². The number of para-hydroxylation sites is 3. The molecular weight excluding hydrogens is 907 g/mol. The standard InChI is InChI=1S/C31H21NO.C22H20.C20H16/c1-20-15-17-23(31-30(20)25-12-6-8-14-29(25)33-31)21-16-18-28-26(19-21)24-11-5-7-13-27(24)32(28)22-9-3-2-4-10-22;1-4-18-8-5-6-9-22(18)21-11-7-10-20(17(21)3)19-14-12-16(2)13-15-19;1-14-9-11-15(12-10-14)17-7-4-8-19-18-6-3-2-5-16(18)13-20(17)19/h2-19H,1H3;4-15H,1H2,2-3H3;2-12H,13H2,1H3. The molecule has 0 radical (unpaired) electrons. The smallest absolute Gasteiger partial charge is 0.143 e. The Bertz CT molecular complexity index is 4240. The summed E-state index contributed by atoms with van der Waals surface area (Å²) in [6.45, 7) is 12.5. The molecule has 1 aliphatic carbocycles. The SMILES string of the molecule is C=Cc1ccccc1-c1cccc(-c2ccc(C)cc2)c1C.Cc1ccc(-c2ccc3c(c2)c2ccccc2n3-c2ccccc2)c2oc3ccccc3c12.Cc1ccc(-c2cccc3c2Cc2ccccc2-3)cc1. The fourth-order valence-electron chi connectivity index (χ4n) is 11.3. The maximum absolute atomic E-state index is 6.39. The molecule has 0 saturated carbocycles. The second-order valence-corrected chi connectivity index (χ2v) is 19.8. The van der Waals surface area contributed by atoms with Crippen LogP contribution < -0.4 is 0 Å². The molecule has 2 heterocycles. The van der Waals surface area contributed by atoms with Crippen LogP contribution in [0.3, 0.4) is 0 Å². The second kappa shape index (κ2) is 20.0. The Balaban J connectivity index is 0.000000119. The summed E-state index contributed by atoms with van der Waals surface area (Å²) in [6.07, 6.45) is 2.98. The molecule has 0 saturated heterocycles. The summed E-state index contributed by atoms with van der Waals surface area (Å²) in [4.78, 5) is 0. The maximum atomic E-state index is 6.39. The van der Waals surface area contributed by atoms with Crippen molar-refractivity contribution in [3.63, 3.8) is 0 Å². The average Bonchev–Trinajstić information content (AvgIpc) is 4.18. The van der Waals surface area contributed by atoms with Crippen molar-refractivity contribution in [2.24, 2.45) is 0 Å². The van der Waals surface area contributed by atoms with Gasteiger partial charge in [0.1, 0.15) is 11.2 Å². The number of fused-ring (bicyclic) bond motifs is 9. The summed E-state index contributed by atoms with van der Waals surface area (Å²) in [5.74, 6) is 0. The van der Waals surface area contributed by atoms with Gasteiger partial charge in [-0.3, -0.25) is 0 Å². The summed E-state index contributed by atoms with van der Waals surface area (Å²) in [6, 6.07) is 86.6. The van der Waals surface area contributed by atoms with Gasteiger partial charge in [-0.05, 0) is 148 Å². The van der Waals surface area contributed by atoms with Crippen LogP contribution in [0.4, 0.5) is 0 Å². The molecule has 0 spiro atoms. The Morgan fingerprint density at radius 3 is 1.75 bits per heavy atom. The lowest BCUT2D eigenvalue weighted by Gasteiger charge is -2.14. The van der Waals surface area contributed by atoms with Crippen molar-refractivity contribution in [3.8, 4) is 61.3 Å². The van der Waals surface area contributed by atoms with Crippen LogP contribution in [0, 0.1) is 27.7 Å². The average molecular weight is 964 g/mol. The molecule has 0 unspecified atom stereocenters. The third-order valence-electron chi connectivity index (χ3n) is 15.1. The van der Waals surface area contributed by atoms with Gasteiger partial charge in [0, 0.05) is 32.8 Å². The summed E-state index contributed by atoms with van der Waals surface area (Å²) in [7, 11) is 0. The predicted octanol–water partition coefficient (Wildman–Crippen LogP) is 20.2. The zero-order valence-electron chi connectivity index (χ0n) is 42.9. The Hall–Kier alpha value is -9.24. The van der Waals surface area contributed by atoms with E-state index in [0.29, 0.717) is 0 Å². The first kappa shape index (κ1) is 46.8. The van der Waals surface area contributed by atoms with Gasteiger partial charge in [-0.1, -0.05) is 230 Å². The lowest BCUT2D eigenvalue weighted by Crippen LogP contribution is -1.92. The molecule has 2 aromatic heterocycles. The van der Waals surface area contributed by atoms with Gasteiger partial charge in [0.05, 0.1) is 11.0 Å². The molecular formula is C73H57NO. The highest BCUT2D eigenvalue weighted by Crippen LogP contribution is 2.43. The van der Waals surface area contributed by atoms with Crippen LogP contribution in [0.2, 0.25) is 0 Å². The monoisotopic (exact) mass is 963 g/mol. The lowest BCUT2D eigenvalue weighted by molar-refractivity contribution is 0.670. The molecule has 75 heavy (non-hydrogen) atoms. The second-order valence-electron chi connectivity index (χ2n) is 19.8. The van der Waals surface area contributed by atoms with Crippen LogP contribution in [-0.4, -0.2) is 4.57 Å². The molecule has 0 aliphatic heterocycles. The van der Waals surface area contributed by atoms with Gasteiger partial charge < -0.3 is 8.98 Å². The van der Waals surface area contributed by atoms with E-state index in [1.807, 2.05) is 12.1 Å². The number of hydrogen-bond acceptors (Lipinski definition) is 1. The lowest BCUT2D eigenvalue weighted by atomic mass is 9.90. The molecule has 13 aromatic rings. The van der Waals surface area contributed by atoms with E-state index in [4.69, 9.17) is 4.42 Å². The van der Waals surface area contributed by atoms with Gasteiger partial charge in [-0.25, -0.2) is 0 Å². The topological polar surface area (TPSA) is 18.1 Å². The predicted molar refractivity (Wildman–Crippen MR) is 320 cm³/mol. The molecule has 14 rings (SSSR count). The Morgan fingerprint density at radius 1 is 0.413 bits per heavy atom. The number of aryl methyl sites for hydroxylation is 3. The number of furan rings is 1. The van der Waals surface area contributed by atoms with E-state index < -0.39 is 0 Å². The molecule has 2 nitrogen and oxygen atoms in total. The van der Waals surface area contributed by atoms with E-state index in [1.165, 1.54) is 127 Å². The van der Waals surface area contributed by atoms with Crippen LogP contribution in [-0.2, 0) is 6.42 Å². The fourth-order valence-corrected chi connectivity index (χ4v) is 11.3. The molecule has 11 aromatic carbocycles. The van der Waals surface area contributed by atoms with Gasteiger partial charge in [0.25, 0.3) is 0 Å². The highest BCUT2D eigenvalue weighted by Gasteiger charge is 2.21. The quantitative estimate of drug-likeness (QED) is 0.162. The first-order chi connectivity index (χ1) is 36.8. The first-order valence-electron chi connectivity index (χ1n) is 26.0. The van der Waals surface area contributed by atoms with Crippen LogP contribution in [0.15, 0.2) is 254 Å². The number of aromatic nitrogens is 1. The van der Waals surface area contributed by atoms with Crippen molar-refractivity contribution in [1.29, 1.82) is 0 Å². The number of hydrogen-bond donors (Lipinski definition) is 0.